The van der Waals surface area contributed by atoms with E-state index in [1.165, 1.54) is 17.8 Å². The van der Waals surface area contributed by atoms with Crippen LogP contribution in [-0.2, 0) is 30.2 Å². The molecule has 214 valence electrons. The molecule has 1 saturated heterocycles. The number of nitrogen functional groups attached to an aromatic ring is 1. The number of rotatable bonds is 9. The van der Waals surface area contributed by atoms with Gasteiger partial charge < -0.3 is 25.3 Å². The van der Waals surface area contributed by atoms with Crippen LogP contribution >= 0.6 is 0 Å². The Morgan fingerprint density at radius 3 is 2.65 bits per heavy atom. The van der Waals surface area contributed by atoms with E-state index >= 15 is 4.39 Å². The molecule has 0 unspecified atom stereocenters. The van der Waals surface area contributed by atoms with Gasteiger partial charge >= 0.3 is 11.9 Å². The fourth-order valence-electron chi connectivity index (χ4n) is 5.61. The third kappa shape index (κ3) is 5.86. The zero-order valence-electron chi connectivity index (χ0n) is 22.7. The van der Waals surface area contributed by atoms with E-state index < -0.39 is 36.0 Å². The van der Waals surface area contributed by atoms with Crippen molar-refractivity contribution in [2.24, 2.45) is 5.92 Å². The largest absolute Gasteiger partial charge is 0.463 e. The molecule has 11 nitrogen and oxygen atoms in total. The number of benzene rings is 1. The highest BCUT2D eigenvalue weighted by atomic mass is 19.1. The number of esters is 2. The number of aromatic nitrogens is 4. The van der Waals surface area contributed by atoms with Gasteiger partial charge in [0.15, 0.2) is 35.0 Å². The normalized spacial score (nSPS) is 25.1. The molecule has 12 heteroatoms. The Kier molecular flexibility index (Phi) is 8.15. The Balaban J connectivity index is 1.38. The molecule has 0 amide bonds. The van der Waals surface area contributed by atoms with Gasteiger partial charge in [-0.3, -0.25) is 14.2 Å². The van der Waals surface area contributed by atoms with Crippen LogP contribution in [0.3, 0.4) is 0 Å². The molecule has 1 aromatic carbocycles. The molecule has 1 saturated carbocycles. The lowest BCUT2D eigenvalue weighted by molar-refractivity contribution is -0.162. The van der Waals surface area contributed by atoms with Gasteiger partial charge in [0.2, 0.25) is 5.95 Å². The minimum Gasteiger partial charge on any atom is -0.463 e. The first kappa shape index (κ1) is 27.8. The average Bonchev–Trinajstić information content (AvgIpc) is 3.45. The van der Waals surface area contributed by atoms with Crippen LogP contribution in [0.4, 0.5) is 16.2 Å². The summed E-state index contributed by atoms with van der Waals surface area (Å²) in [6, 6.07) is 9.14. The highest BCUT2D eigenvalue weighted by Crippen LogP contribution is 2.45. The van der Waals surface area contributed by atoms with Gasteiger partial charge in [-0.1, -0.05) is 49.6 Å². The van der Waals surface area contributed by atoms with E-state index in [9.17, 15) is 9.59 Å². The summed E-state index contributed by atoms with van der Waals surface area (Å²) in [5.41, 5.74) is 5.07. The van der Waals surface area contributed by atoms with Crippen molar-refractivity contribution in [3.8, 4) is 0 Å². The monoisotopic (exact) mass is 554 g/mol. The van der Waals surface area contributed by atoms with Crippen LogP contribution in [0.15, 0.2) is 36.7 Å². The SMILES string of the molecule is CNc1nc(N)nc2c1ncn2[C@@H]1O[C@H](COC(=O)Cc2ccccc2)[C@@H](OC(=O)CC2CCCCC2)[C@@]1(C)F. The number of fused-ring (bicyclic) bond motifs is 1. The lowest BCUT2D eigenvalue weighted by atomic mass is 9.87. The summed E-state index contributed by atoms with van der Waals surface area (Å²) in [6.45, 7) is 1.01. The smallest absolute Gasteiger partial charge is 0.310 e. The first-order valence-electron chi connectivity index (χ1n) is 13.7. The average molecular weight is 555 g/mol. The molecule has 1 aliphatic carbocycles. The van der Waals surface area contributed by atoms with Crippen LogP contribution in [0.2, 0.25) is 0 Å². The topological polar surface area (TPSA) is 143 Å². The van der Waals surface area contributed by atoms with E-state index in [1.807, 2.05) is 30.3 Å². The molecular weight excluding hydrogens is 519 g/mol. The standard InChI is InChI=1S/C28H35FN6O5/c1-28(29)23(40-21(37)14-18-11-7-4-8-12-18)19(15-38-20(36)13-17-9-5-3-6-10-17)39-26(28)35-16-32-22-24(31-2)33-27(30)34-25(22)35/h3,5-6,9-10,16,18-19,23,26H,4,7-8,11-15H2,1-2H3,(H3,30,31,33,34)/t19-,23-,26-,28-/m1/s1. The fraction of sp³-hybridized carbons (Fsp3) is 0.536. The third-order valence-corrected chi connectivity index (χ3v) is 7.65. The highest BCUT2D eigenvalue weighted by Gasteiger charge is 2.58. The number of anilines is 2. The summed E-state index contributed by atoms with van der Waals surface area (Å²) in [7, 11) is 1.66. The summed E-state index contributed by atoms with van der Waals surface area (Å²) in [5.74, 6) is -0.436. The van der Waals surface area contributed by atoms with Crippen molar-refractivity contribution in [1.29, 1.82) is 0 Å². The summed E-state index contributed by atoms with van der Waals surface area (Å²) < 4.78 is 35.5. The van der Waals surface area contributed by atoms with Gasteiger partial charge in [-0.05, 0) is 31.2 Å². The molecule has 40 heavy (non-hydrogen) atoms. The molecular formula is C28H35FN6O5. The Labute approximate surface area is 231 Å². The van der Waals surface area contributed by atoms with Crippen LogP contribution < -0.4 is 11.1 Å². The molecule has 2 fully saturated rings. The minimum atomic E-state index is -2.22. The lowest BCUT2D eigenvalue weighted by Crippen LogP contribution is -2.44. The highest BCUT2D eigenvalue weighted by molar-refractivity contribution is 5.84. The van der Waals surface area contributed by atoms with Gasteiger partial charge in [-0.25, -0.2) is 9.37 Å². The number of nitrogens with zero attached hydrogens (tertiary/aromatic N) is 4. The van der Waals surface area contributed by atoms with Gasteiger partial charge in [0, 0.05) is 13.5 Å². The number of nitrogens with one attached hydrogen (secondary N) is 1. The Bertz CT molecular complexity index is 1340. The second-order valence-electron chi connectivity index (χ2n) is 10.6. The Hall–Kier alpha value is -3.80. The number of halogens is 1. The predicted molar refractivity (Wildman–Crippen MR) is 145 cm³/mol. The molecule has 1 aliphatic heterocycles. The van der Waals surface area contributed by atoms with E-state index in [1.54, 1.807) is 7.05 Å². The molecule has 3 aromatic rings. The van der Waals surface area contributed by atoms with Crippen molar-refractivity contribution in [3.63, 3.8) is 0 Å². The number of ether oxygens (including phenoxy) is 3. The maximum Gasteiger partial charge on any atom is 0.310 e. The zero-order valence-corrected chi connectivity index (χ0v) is 22.7. The number of hydrogen-bond donors (Lipinski definition) is 2. The minimum absolute atomic E-state index is 0.0287. The number of alkyl halides is 1. The number of nitrogens with two attached hydrogens (primary N) is 1. The number of imidazole rings is 1. The van der Waals surface area contributed by atoms with Crippen molar-refractivity contribution >= 4 is 34.9 Å². The molecule has 3 N–H and O–H groups in total. The maximum atomic E-state index is 16.7. The summed E-state index contributed by atoms with van der Waals surface area (Å²) in [6.07, 6.45) is 3.14. The molecule has 0 spiro atoms. The van der Waals surface area contributed by atoms with Gasteiger partial charge in [-0.2, -0.15) is 9.97 Å². The summed E-state index contributed by atoms with van der Waals surface area (Å²) in [4.78, 5) is 38.3. The van der Waals surface area contributed by atoms with Crippen LogP contribution in [0, 0.1) is 5.92 Å². The first-order valence-corrected chi connectivity index (χ1v) is 13.7. The number of carbonyl (C=O) groups excluding carboxylic acids is 2. The van der Waals surface area contributed by atoms with E-state index in [-0.39, 0.29) is 37.0 Å². The first-order chi connectivity index (χ1) is 19.3. The van der Waals surface area contributed by atoms with E-state index in [2.05, 4.69) is 20.3 Å². The van der Waals surface area contributed by atoms with Crippen molar-refractivity contribution in [1.82, 2.24) is 19.5 Å². The number of hydrogen-bond acceptors (Lipinski definition) is 10. The lowest BCUT2D eigenvalue weighted by Gasteiger charge is -2.28. The van der Waals surface area contributed by atoms with Gasteiger partial charge in [0.1, 0.15) is 12.7 Å². The zero-order chi connectivity index (χ0) is 28.3. The summed E-state index contributed by atoms with van der Waals surface area (Å²) >= 11 is 0. The van der Waals surface area contributed by atoms with Crippen molar-refractivity contribution in [2.45, 2.75) is 76.0 Å². The third-order valence-electron chi connectivity index (χ3n) is 7.65. The fourth-order valence-corrected chi connectivity index (χ4v) is 5.61. The second-order valence-corrected chi connectivity index (χ2v) is 10.6. The Morgan fingerprint density at radius 1 is 1.18 bits per heavy atom. The molecule has 0 radical (unpaired) electrons. The molecule has 3 heterocycles. The predicted octanol–water partition coefficient (Wildman–Crippen LogP) is 3.74. The van der Waals surface area contributed by atoms with Crippen LogP contribution in [0.5, 0.6) is 0 Å². The van der Waals surface area contributed by atoms with Gasteiger partial charge in [0.25, 0.3) is 0 Å². The van der Waals surface area contributed by atoms with Crippen molar-refractivity contribution in [3.05, 3.63) is 42.2 Å². The molecule has 4 atom stereocenters. The van der Waals surface area contributed by atoms with E-state index in [4.69, 9.17) is 19.9 Å². The Morgan fingerprint density at radius 2 is 1.93 bits per heavy atom. The van der Waals surface area contributed by atoms with Gasteiger partial charge in [0.05, 0.1) is 12.7 Å². The molecule has 0 bridgehead atoms. The molecule has 2 aromatic heterocycles. The van der Waals surface area contributed by atoms with Crippen LogP contribution in [-0.4, -0.2) is 63.0 Å². The second kappa shape index (κ2) is 11.7. The van der Waals surface area contributed by atoms with E-state index in [0.717, 1.165) is 37.7 Å². The number of carbonyl (C=O) groups is 2. The molecule has 5 rings (SSSR count). The van der Waals surface area contributed by atoms with Crippen molar-refractivity contribution < 1.29 is 28.2 Å². The van der Waals surface area contributed by atoms with Crippen LogP contribution in [0.1, 0.15) is 57.2 Å². The molecule has 2 aliphatic rings. The quantitative estimate of drug-likeness (QED) is 0.375. The summed E-state index contributed by atoms with van der Waals surface area (Å²) in [5, 5.41) is 2.90. The maximum absolute atomic E-state index is 16.7. The van der Waals surface area contributed by atoms with Gasteiger partial charge in [-0.15, -0.1) is 0 Å². The van der Waals surface area contributed by atoms with Crippen molar-refractivity contribution in [2.75, 3.05) is 24.7 Å². The van der Waals surface area contributed by atoms with E-state index in [0.29, 0.717) is 11.3 Å². The van der Waals surface area contributed by atoms with Crippen LogP contribution in [0.25, 0.3) is 11.2 Å².